The fourth-order valence-corrected chi connectivity index (χ4v) is 14.9. The molecule has 91 heavy (non-hydrogen) atoms. The van der Waals surface area contributed by atoms with Gasteiger partial charge in [-0.3, -0.25) is 25.5 Å². The first kappa shape index (κ1) is 66.9. The fraction of sp³-hybridized carbons (Fsp3) is 0.478. The third-order valence-electron chi connectivity index (χ3n) is 20.7. The number of hydrogen-bond acceptors (Lipinski definition) is 10. The molecule has 5 fully saturated rings. The first-order valence-electron chi connectivity index (χ1n) is 30.8. The highest BCUT2D eigenvalue weighted by atomic mass is 35.5. The first-order valence-corrected chi connectivity index (χ1v) is 32.7. The summed E-state index contributed by atoms with van der Waals surface area (Å²) in [5, 5.41) is 93.8. The van der Waals surface area contributed by atoms with Gasteiger partial charge in [-0.15, -0.1) is 0 Å². The number of nitrogens with one attached hydrogen (secondary N) is 5. The van der Waals surface area contributed by atoms with E-state index >= 15 is 0 Å². The standard InChI is InChI=1S/C15H19ClN2O.C14H15ClF2N2O.C13H13ClF2N2O.C13H15ClN2O.C12H13ClN2O/c1-15(2,10-4-3-5-10)14(19)12-7-11(16)6-9-8-17-18-13(9)12;1-13(16,17)14(3-2-4-14)12(20)10-6-9(15)5-8-7-18-19-11(8)10;1-12(15,16)13(2-3-13)11(19)9-5-8(14)4-7-6-17-18-10(7)9;1-13(3-2-4-13)12(17)10-6-9(14)5-8-7-15-16-11(8)10;13-9-4-8-6-14-15-11(8)10(5-9)12(16)7-2-1-3-7/h6-8,10,14,19H,3-5H2,1-2H3,(H,17,18);5-7,12,20H,2-4H2,1H3,(H,18,19);4-6,11,19H,2-3H2,1H3,(H,17,18);5-7,12,17H,2-4H2,1H3,(H,15,16);4-7,12,16H,1-3H2,(H,14,15). The molecule has 486 valence electrons. The van der Waals surface area contributed by atoms with Crippen LogP contribution in [0.1, 0.15) is 183 Å². The number of fused-ring (bicyclic) bond motifs is 5. The van der Waals surface area contributed by atoms with Crippen LogP contribution >= 0.6 is 58.0 Å². The summed E-state index contributed by atoms with van der Waals surface area (Å²) in [6, 6.07) is 17.6. The molecule has 5 atom stereocenters. The Bertz CT molecular complexity index is 4200. The lowest BCUT2D eigenvalue weighted by molar-refractivity contribution is -0.202. The van der Waals surface area contributed by atoms with Crippen molar-refractivity contribution < 1.29 is 43.1 Å². The Morgan fingerprint density at radius 2 is 0.725 bits per heavy atom. The van der Waals surface area contributed by atoms with E-state index in [2.05, 4.69) is 71.8 Å². The first-order chi connectivity index (χ1) is 43.1. The molecule has 5 aromatic carbocycles. The molecule has 15 nitrogen and oxygen atoms in total. The van der Waals surface area contributed by atoms with Crippen LogP contribution in [0.2, 0.25) is 25.1 Å². The quantitative estimate of drug-likeness (QED) is 0.0489. The van der Waals surface area contributed by atoms with Crippen LogP contribution in [0.3, 0.4) is 0 Å². The summed E-state index contributed by atoms with van der Waals surface area (Å²) < 4.78 is 55.3. The van der Waals surface area contributed by atoms with Crippen molar-refractivity contribution in [1.82, 2.24) is 51.0 Å². The highest BCUT2D eigenvalue weighted by Gasteiger charge is 2.64. The van der Waals surface area contributed by atoms with Crippen LogP contribution in [0.4, 0.5) is 17.6 Å². The second kappa shape index (κ2) is 26.0. The highest BCUT2D eigenvalue weighted by molar-refractivity contribution is 6.33. The molecular formula is C67H75Cl5F4N10O5. The summed E-state index contributed by atoms with van der Waals surface area (Å²) in [6.07, 6.45) is 16.7. The smallest absolute Gasteiger partial charge is 0.253 e. The highest BCUT2D eigenvalue weighted by Crippen LogP contribution is 2.64. The van der Waals surface area contributed by atoms with Crippen molar-refractivity contribution >= 4 is 113 Å². The van der Waals surface area contributed by atoms with E-state index in [1.807, 2.05) is 36.4 Å². The van der Waals surface area contributed by atoms with Gasteiger partial charge in [-0.2, -0.15) is 25.5 Å². The average molecular weight is 1350 g/mol. The summed E-state index contributed by atoms with van der Waals surface area (Å²) in [5.41, 5.74) is 4.28. The molecule has 0 radical (unpaired) electrons. The zero-order chi connectivity index (χ0) is 65.2. The van der Waals surface area contributed by atoms with E-state index in [4.69, 9.17) is 58.0 Å². The summed E-state index contributed by atoms with van der Waals surface area (Å²) in [4.78, 5) is 0. The zero-order valence-electron chi connectivity index (χ0n) is 51.0. The molecule has 5 aliphatic rings. The maximum absolute atomic E-state index is 14.0. The van der Waals surface area contributed by atoms with Crippen molar-refractivity contribution in [1.29, 1.82) is 0 Å². The molecule has 0 bridgehead atoms. The SMILES string of the molecule is CC(C)(C1CCC1)C(O)c1cc(Cl)cc2cn[nH]c12.CC(F)(F)C1(C(O)c2cc(Cl)cc3cn[nH]c23)CC1.CC(F)(F)C1(C(O)c2cc(Cl)cc3cn[nH]c23)CCC1.CC1(C(O)c2cc(Cl)cc3cn[nH]c23)CCC1.OC(c1cc(Cl)cc2cn[nH]c12)C1CCC1. The number of alkyl halides is 4. The lowest BCUT2D eigenvalue weighted by Gasteiger charge is -2.49. The van der Waals surface area contributed by atoms with Crippen LogP contribution in [0.15, 0.2) is 91.6 Å². The summed E-state index contributed by atoms with van der Waals surface area (Å²) in [5.74, 6) is -4.91. The fourth-order valence-electron chi connectivity index (χ4n) is 13.7. The van der Waals surface area contributed by atoms with Crippen LogP contribution in [0.5, 0.6) is 0 Å². The van der Waals surface area contributed by atoms with Gasteiger partial charge in [0, 0.05) is 93.7 Å². The number of rotatable bonds is 13. The Morgan fingerprint density at radius 1 is 0.418 bits per heavy atom. The molecule has 5 heterocycles. The summed E-state index contributed by atoms with van der Waals surface area (Å²) >= 11 is 30.3. The van der Waals surface area contributed by atoms with Crippen molar-refractivity contribution in [3.63, 3.8) is 0 Å². The Labute approximate surface area is 548 Å². The second-order valence-corrected chi connectivity index (χ2v) is 29.0. The minimum atomic E-state index is -2.95. The van der Waals surface area contributed by atoms with Crippen LogP contribution in [-0.2, 0) is 0 Å². The van der Waals surface area contributed by atoms with Crippen molar-refractivity contribution in [2.45, 2.75) is 167 Å². The zero-order valence-corrected chi connectivity index (χ0v) is 54.8. The largest absolute Gasteiger partial charge is 0.388 e. The van der Waals surface area contributed by atoms with E-state index in [1.165, 1.54) is 38.2 Å². The Morgan fingerprint density at radius 3 is 1.01 bits per heavy atom. The predicted molar refractivity (Wildman–Crippen MR) is 350 cm³/mol. The molecule has 15 rings (SSSR count). The molecular weight excluding hydrogens is 1280 g/mol. The number of H-pyrrole nitrogens is 5. The molecule has 5 aromatic heterocycles. The van der Waals surface area contributed by atoms with E-state index in [0.29, 0.717) is 102 Å². The molecule has 0 spiro atoms. The lowest BCUT2D eigenvalue weighted by Crippen LogP contribution is -2.49. The monoisotopic (exact) mass is 1350 g/mol. The molecule has 0 aliphatic heterocycles. The van der Waals surface area contributed by atoms with Crippen molar-refractivity contribution in [3.05, 3.63) is 145 Å². The van der Waals surface area contributed by atoms with Crippen molar-refractivity contribution in [3.8, 4) is 0 Å². The van der Waals surface area contributed by atoms with Gasteiger partial charge in [-0.25, -0.2) is 17.6 Å². The van der Waals surface area contributed by atoms with Gasteiger partial charge in [0.15, 0.2) is 0 Å². The van der Waals surface area contributed by atoms with Gasteiger partial charge in [-0.1, -0.05) is 104 Å². The Kier molecular flexibility index (Phi) is 19.1. The summed E-state index contributed by atoms with van der Waals surface area (Å²) in [6.45, 7) is 8.15. The maximum atomic E-state index is 14.0. The van der Waals surface area contributed by atoms with Crippen LogP contribution in [0.25, 0.3) is 54.5 Å². The number of halogens is 9. The van der Waals surface area contributed by atoms with Crippen molar-refractivity contribution in [2.24, 2.45) is 33.5 Å². The number of aromatic nitrogens is 10. The third kappa shape index (κ3) is 13.1. The van der Waals surface area contributed by atoms with Gasteiger partial charge in [0.25, 0.3) is 11.8 Å². The molecule has 0 amide bonds. The van der Waals surface area contributed by atoms with Gasteiger partial charge in [0.2, 0.25) is 0 Å². The summed E-state index contributed by atoms with van der Waals surface area (Å²) in [7, 11) is 0. The number of hydrogen-bond donors (Lipinski definition) is 10. The van der Waals surface area contributed by atoms with Gasteiger partial charge >= 0.3 is 0 Å². The average Bonchev–Trinajstić information content (AvgIpc) is 0.911. The maximum Gasteiger partial charge on any atom is 0.253 e. The number of aliphatic hydroxyl groups is 5. The molecule has 0 saturated heterocycles. The number of aromatic amines is 5. The van der Waals surface area contributed by atoms with Crippen LogP contribution in [-0.4, -0.2) is 88.4 Å². The molecule has 10 aromatic rings. The van der Waals surface area contributed by atoms with E-state index in [0.717, 1.165) is 88.9 Å². The van der Waals surface area contributed by atoms with E-state index in [-0.39, 0.29) is 10.8 Å². The predicted octanol–water partition coefficient (Wildman–Crippen LogP) is 18.3. The minimum absolute atomic E-state index is 0.0112. The Balaban J connectivity index is 0.000000117. The van der Waals surface area contributed by atoms with Gasteiger partial charge < -0.3 is 25.5 Å². The number of benzene rings is 5. The van der Waals surface area contributed by atoms with Gasteiger partial charge in [-0.05, 0) is 148 Å². The number of aliphatic hydroxyl groups excluding tert-OH is 5. The van der Waals surface area contributed by atoms with Gasteiger partial charge in [0.05, 0.1) is 99.9 Å². The molecule has 5 unspecified atom stereocenters. The van der Waals surface area contributed by atoms with Crippen LogP contribution < -0.4 is 0 Å². The molecule has 24 heteroatoms. The normalized spacial score (nSPS) is 19.4. The molecule has 5 saturated carbocycles. The van der Waals surface area contributed by atoms with E-state index in [9.17, 15) is 43.1 Å². The van der Waals surface area contributed by atoms with E-state index in [1.54, 1.807) is 49.2 Å². The van der Waals surface area contributed by atoms with E-state index < -0.39 is 53.2 Å². The topological polar surface area (TPSA) is 245 Å². The minimum Gasteiger partial charge on any atom is -0.388 e. The molecule has 10 N–H and O–H groups in total. The molecule has 5 aliphatic carbocycles. The second-order valence-electron chi connectivity index (χ2n) is 26.8. The van der Waals surface area contributed by atoms with Crippen LogP contribution in [0, 0.1) is 33.5 Å². The lowest BCUT2D eigenvalue weighted by atomic mass is 9.60. The van der Waals surface area contributed by atoms with Crippen molar-refractivity contribution in [2.75, 3.05) is 0 Å². The Hall–Kier alpha value is -5.58. The third-order valence-corrected chi connectivity index (χ3v) is 21.8. The van der Waals surface area contributed by atoms with Gasteiger partial charge in [0.1, 0.15) is 0 Å². The number of nitrogens with zero attached hydrogens (tertiary/aromatic N) is 5.